The van der Waals surface area contributed by atoms with Crippen LogP contribution < -0.4 is 0 Å². The Kier molecular flexibility index (Phi) is 4.22. The summed E-state index contributed by atoms with van der Waals surface area (Å²) in [5.41, 5.74) is 3.21. The van der Waals surface area contributed by atoms with Gasteiger partial charge < -0.3 is 9.30 Å². The quantitative estimate of drug-likeness (QED) is 0.815. The second-order valence-corrected chi connectivity index (χ2v) is 6.15. The number of aromatic nitrogens is 4. The van der Waals surface area contributed by atoms with Crippen LogP contribution in [0.4, 0.5) is 0 Å². The number of nitrogens with zero attached hydrogens (tertiary/aromatic N) is 4. The van der Waals surface area contributed by atoms with E-state index in [1.54, 1.807) is 0 Å². The van der Waals surface area contributed by atoms with Crippen molar-refractivity contribution in [3.63, 3.8) is 0 Å². The molecule has 2 atom stereocenters. The van der Waals surface area contributed by atoms with Gasteiger partial charge in [-0.3, -0.25) is 4.68 Å². The molecule has 1 aliphatic rings. The zero-order valence-corrected chi connectivity index (χ0v) is 13.7. The minimum atomic E-state index is 0.285. The SMILES string of the molecule is CCCc1nn(C)c2c1nc(CCl)n2C1CCOC(C)C1. The lowest BCUT2D eigenvalue weighted by molar-refractivity contribution is 0.00613. The van der Waals surface area contributed by atoms with E-state index in [2.05, 4.69) is 23.5 Å². The Morgan fingerprint density at radius 1 is 1.43 bits per heavy atom. The van der Waals surface area contributed by atoms with Gasteiger partial charge in [0, 0.05) is 19.7 Å². The van der Waals surface area contributed by atoms with Gasteiger partial charge in [-0.2, -0.15) is 5.10 Å². The second-order valence-electron chi connectivity index (χ2n) is 5.88. The highest BCUT2D eigenvalue weighted by Gasteiger charge is 2.27. The molecule has 0 aliphatic carbocycles. The summed E-state index contributed by atoms with van der Waals surface area (Å²) < 4.78 is 9.94. The van der Waals surface area contributed by atoms with E-state index in [1.165, 1.54) is 0 Å². The number of rotatable bonds is 4. The molecule has 0 saturated carbocycles. The van der Waals surface area contributed by atoms with E-state index in [4.69, 9.17) is 21.3 Å². The Labute approximate surface area is 130 Å². The fourth-order valence-electron chi connectivity index (χ4n) is 3.34. The third kappa shape index (κ3) is 2.57. The zero-order valence-electron chi connectivity index (χ0n) is 13.0. The van der Waals surface area contributed by atoms with Crippen LogP contribution >= 0.6 is 11.6 Å². The molecule has 0 spiro atoms. The summed E-state index contributed by atoms with van der Waals surface area (Å²) >= 11 is 6.15. The average Bonchev–Trinajstić information content (AvgIpc) is 2.98. The maximum atomic E-state index is 6.15. The fraction of sp³-hybridized carbons (Fsp3) is 0.733. The number of hydrogen-bond acceptors (Lipinski definition) is 3. The molecule has 1 fully saturated rings. The molecular weight excluding hydrogens is 288 g/mol. The highest BCUT2D eigenvalue weighted by molar-refractivity contribution is 6.16. The molecule has 2 unspecified atom stereocenters. The number of imidazole rings is 1. The molecule has 116 valence electrons. The maximum Gasteiger partial charge on any atom is 0.158 e. The van der Waals surface area contributed by atoms with Crippen molar-refractivity contribution in [3.8, 4) is 0 Å². The summed E-state index contributed by atoms with van der Waals surface area (Å²) in [6.45, 7) is 5.10. The molecule has 1 saturated heterocycles. The maximum absolute atomic E-state index is 6.15. The third-order valence-electron chi connectivity index (χ3n) is 4.24. The first-order valence-corrected chi connectivity index (χ1v) is 8.29. The normalized spacial score (nSPS) is 23.0. The van der Waals surface area contributed by atoms with Crippen LogP contribution in [0.3, 0.4) is 0 Å². The van der Waals surface area contributed by atoms with Crippen LogP contribution in [0.2, 0.25) is 0 Å². The van der Waals surface area contributed by atoms with E-state index in [-0.39, 0.29) is 6.10 Å². The molecule has 0 aromatic carbocycles. The van der Waals surface area contributed by atoms with E-state index in [0.29, 0.717) is 11.9 Å². The molecule has 3 heterocycles. The van der Waals surface area contributed by atoms with Gasteiger partial charge in [-0.15, -0.1) is 11.6 Å². The minimum absolute atomic E-state index is 0.285. The lowest BCUT2D eigenvalue weighted by Gasteiger charge is -2.29. The molecule has 2 aromatic rings. The Hall–Kier alpha value is -1.07. The van der Waals surface area contributed by atoms with Crippen molar-refractivity contribution in [1.82, 2.24) is 19.3 Å². The van der Waals surface area contributed by atoms with Crippen molar-refractivity contribution >= 4 is 22.8 Å². The molecule has 2 aromatic heterocycles. The van der Waals surface area contributed by atoms with Gasteiger partial charge in [0.2, 0.25) is 0 Å². The number of hydrogen-bond donors (Lipinski definition) is 0. The Balaban J connectivity index is 2.11. The summed E-state index contributed by atoms with van der Waals surface area (Å²) in [6, 6.07) is 0.400. The lowest BCUT2D eigenvalue weighted by atomic mass is 10.0. The van der Waals surface area contributed by atoms with Gasteiger partial charge in [-0.25, -0.2) is 4.98 Å². The molecule has 1 aliphatic heterocycles. The highest BCUT2D eigenvalue weighted by atomic mass is 35.5. The van der Waals surface area contributed by atoms with Crippen LogP contribution in [0.1, 0.15) is 50.7 Å². The second kappa shape index (κ2) is 5.97. The van der Waals surface area contributed by atoms with E-state index >= 15 is 0 Å². The first-order valence-electron chi connectivity index (χ1n) is 7.76. The lowest BCUT2D eigenvalue weighted by Crippen LogP contribution is -2.27. The number of ether oxygens (including phenoxy) is 1. The molecule has 0 radical (unpaired) electrons. The Morgan fingerprint density at radius 2 is 2.24 bits per heavy atom. The first-order chi connectivity index (χ1) is 10.2. The van der Waals surface area contributed by atoms with Crippen molar-refractivity contribution in [1.29, 1.82) is 0 Å². The van der Waals surface area contributed by atoms with Crippen LogP contribution in [0.5, 0.6) is 0 Å². The van der Waals surface area contributed by atoms with Gasteiger partial charge >= 0.3 is 0 Å². The van der Waals surface area contributed by atoms with Gasteiger partial charge in [0.25, 0.3) is 0 Å². The van der Waals surface area contributed by atoms with Crippen LogP contribution in [0.25, 0.3) is 11.2 Å². The summed E-state index contributed by atoms with van der Waals surface area (Å²) in [7, 11) is 2.00. The van der Waals surface area contributed by atoms with Crippen molar-refractivity contribution in [2.75, 3.05) is 6.61 Å². The molecular formula is C15H23ClN4O. The van der Waals surface area contributed by atoms with Crippen molar-refractivity contribution in [2.24, 2.45) is 7.05 Å². The van der Waals surface area contributed by atoms with Crippen LogP contribution in [-0.2, 0) is 24.1 Å². The summed E-state index contributed by atoms with van der Waals surface area (Å²) in [5.74, 6) is 1.39. The van der Waals surface area contributed by atoms with Crippen LogP contribution in [-0.4, -0.2) is 32.0 Å². The van der Waals surface area contributed by atoms with Crippen molar-refractivity contribution < 1.29 is 4.74 Å². The largest absolute Gasteiger partial charge is 0.378 e. The summed E-state index contributed by atoms with van der Waals surface area (Å²) in [4.78, 5) is 4.78. The molecule has 0 amide bonds. The minimum Gasteiger partial charge on any atom is -0.378 e. The standard InChI is InChI=1S/C15H23ClN4O/c1-4-5-12-14-15(19(3)18-12)20(13(9-16)17-14)11-6-7-21-10(2)8-11/h10-11H,4-9H2,1-3H3. The van der Waals surface area contributed by atoms with Gasteiger partial charge in [0.05, 0.1) is 17.7 Å². The Morgan fingerprint density at radius 3 is 2.90 bits per heavy atom. The van der Waals surface area contributed by atoms with E-state index in [9.17, 15) is 0 Å². The fourth-order valence-corrected chi connectivity index (χ4v) is 3.53. The number of halogens is 1. The molecule has 5 nitrogen and oxygen atoms in total. The number of alkyl halides is 1. The number of aryl methyl sites for hydroxylation is 2. The molecule has 0 N–H and O–H groups in total. The molecule has 21 heavy (non-hydrogen) atoms. The average molecular weight is 311 g/mol. The highest BCUT2D eigenvalue weighted by Crippen LogP contribution is 2.32. The van der Waals surface area contributed by atoms with E-state index < -0.39 is 0 Å². The predicted octanol–water partition coefficient (Wildman–Crippen LogP) is 3.20. The molecule has 6 heteroatoms. The van der Waals surface area contributed by atoms with Gasteiger partial charge in [0.1, 0.15) is 11.3 Å². The molecule has 0 bridgehead atoms. The van der Waals surface area contributed by atoms with Gasteiger partial charge in [0.15, 0.2) is 5.65 Å². The van der Waals surface area contributed by atoms with Crippen molar-refractivity contribution in [3.05, 3.63) is 11.5 Å². The predicted molar refractivity (Wildman–Crippen MR) is 83.7 cm³/mol. The summed E-state index contributed by atoms with van der Waals surface area (Å²) in [5, 5.41) is 4.65. The first kappa shape index (κ1) is 14.9. The zero-order chi connectivity index (χ0) is 15.0. The van der Waals surface area contributed by atoms with Crippen LogP contribution in [0.15, 0.2) is 0 Å². The van der Waals surface area contributed by atoms with Crippen molar-refractivity contribution in [2.45, 2.75) is 57.6 Å². The Bertz CT molecular complexity index is 633. The third-order valence-corrected chi connectivity index (χ3v) is 4.48. The van der Waals surface area contributed by atoms with Gasteiger partial charge in [-0.1, -0.05) is 13.3 Å². The smallest absolute Gasteiger partial charge is 0.158 e. The van der Waals surface area contributed by atoms with Gasteiger partial charge in [-0.05, 0) is 26.2 Å². The summed E-state index contributed by atoms with van der Waals surface area (Å²) in [6.07, 6.45) is 4.33. The van der Waals surface area contributed by atoms with Crippen LogP contribution in [0, 0.1) is 0 Å². The topological polar surface area (TPSA) is 44.9 Å². The monoisotopic (exact) mass is 310 g/mol. The van der Waals surface area contributed by atoms with E-state index in [0.717, 1.165) is 55.0 Å². The number of fused-ring (bicyclic) bond motifs is 1. The molecule has 3 rings (SSSR count). The van der Waals surface area contributed by atoms with E-state index in [1.807, 2.05) is 11.7 Å².